The Morgan fingerprint density at radius 3 is 2.69 bits per heavy atom. The van der Waals surface area contributed by atoms with E-state index in [1.165, 1.54) is 0 Å². The van der Waals surface area contributed by atoms with Crippen LogP contribution in [-0.2, 0) is 18.4 Å². The minimum atomic E-state index is -0.247. The van der Waals surface area contributed by atoms with Crippen LogP contribution in [0.15, 0.2) is 46.0 Å². The Bertz CT molecular complexity index is 1040. The van der Waals surface area contributed by atoms with E-state index in [9.17, 15) is 4.79 Å². The smallest absolute Gasteiger partial charge is 0.262 e. The molecular weight excluding hydrogens is 496 g/mol. The summed E-state index contributed by atoms with van der Waals surface area (Å²) in [4.78, 5) is 12.4. The van der Waals surface area contributed by atoms with Crippen molar-refractivity contribution in [1.29, 1.82) is 0 Å². The summed E-state index contributed by atoms with van der Waals surface area (Å²) in [7, 11) is 3.38. The van der Waals surface area contributed by atoms with E-state index in [-0.39, 0.29) is 12.5 Å². The van der Waals surface area contributed by atoms with Gasteiger partial charge in [-0.05, 0) is 41.6 Å². The summed E-state index contributed by atoms with van der Waals surface area (Å²) in [6.45, 7) is 3.12. The number of thioether (sulfide) groups is 1. The lowest BCUT2D eigenvalue weighted by Gasteiger charge is -2.17. The average Bonchev–Trinajstić information content (AvgIpc) is 3.19. The predicted molar refractivity (Wildman–Crippen MR) is 127 cm³/mol. The van der Waals surface area contributed by atoms with Crippen molar-refractivity contribution in [3.63, 3.8) is 0 Å². The molecule has 9 nitrogen and oxygen atoms in total. The van der Waals surface area contributed by atoms with E-state index < -0.39 is 0 Å². The van der Waals surface area contributed by atoms with Gasteiger partial charge in [0.1, 0.15) is 0 Å². The van der Waals surface area contributed by atoms with Gasteiger partial charge in [-0.2, -0.15) is 0 Å². The number of halogens is 1. The lowest BCUT2D eigenvalue weighted by Crippen LogP contribution is -2.22. The molecule has 1 aromatic heterocycles. The van der Waals surface area contributed by atoms with Crippen LogP contribution in [0, 0.1) is 6.92 Å². The Labute approximate surface area is 199 Å². The minimum absolute atomic E-state index is 0.136. The normalized spacial score (nSPS) is 10.8. The Morgan fingerprint density at radius 2 is 2.00 bits per heavy atom. The molecule has 0 unspecified atom stereocenters. The molecule has 0 bridgehead atoms. The van der Waals surface area contributed by atoms with Crippen molar-refractivity contribution in [3.8, 4) is 11.5 Å². The number of nitrogens with one attached hydrogen (secondary N) is 2. The monoisotopic (exact) mass is 520 g/mol. The van der Waals surface area contributed by atoms with Gasteiger partial charge in [0.15, 0.2) is 18.1 Å². The van der Waals surface area contributed by atoms with Crippen LogP contribution < -0.4 is 20.1 Å². The lowest BCUT2D eigenvalue weighted by molar-refractivity contribution is -0.118. The third-order valence-electron chi connectivity index (χ3n) is 4.46. The maximum absolute atomic E-state index is 12.4. The van der Waals surface area contributed by atoms with Gasteiger partial charge >= 0.3 is 0 Å². The molecular formula is C21H25BrN6O3S. The van der Waals surface area contributed by atoms with Crippen molar-refractivity contribution in [3.05, 3.63) is 52.0 Å². The second kappa shape index (κ2) is 11.8. The second-order valence-corrected chi connectivity index (χ2v) is 8.79. The van der Waals surface area contributed by atoms with Crippen molar-refractivity contribution in [2.24, 2.45) is 7.05 Å². The second-order valence-electron chi connectivity index (χ2n) is 6.87. The number of benzene rings is 2. The van der Waals surface area contributed by atoms with Gasteiger partial charge in [-0.3, -0.25) is 4.79 Å². The molecule has 3 rings (SSSR count). The fourth-order valence-electron chi connectivity index (χ4n) is 2.81. The molecule has 1 amide bonds. The number of methoxy groups -OCH3 is 1. The summed E-state index contributed by atoms with van der Waals surface area (Å²) >= 11 is 5.14. The van der Waals surface area contributed by atoms with Gasteiger partial charge in [0, 0.05) is 41.6 Å². The van der Waals surface area contributed by atoms with Crippen LogP contribution in [0.2, 0.25) is 0 Å². The van der Waals surface area contributed by atoms with Gasteiger partial charge in [0.05, 0.1) is 7.11 Å². The van der Waals surface area contributed by atoms with Crippen molar-refractivity contribution in [2.45, 2.75) is 18.6 Å². The fraction of sp³-hybridized carbons (Fsp3) is 0.333. The molecule has 3 aromatic rings. The molecule has 0 spiro atoms. The molecule has 0 fully saturated rings. The molecule has 170 valence electrons. The third-order valence-corrected chi connectivity index (χ3v) is 6.22. The number of carbonyl (C=O) groups excluding carboxylic acids is 1. The van der Waals surface area contributed by atoms with Crippen molar-refractivity contribution in [1.82, 2.24) is 25.5 Å². The summed E-state index contributed by atoms with van der Waals surface area (Å²) in [6.07, 6.45) is 0. The highest BCUT2D eigenvalue weighted by Crippen LogP contribution is 2.36. The van der Waals surface area contributed by atoms with Gasteiger partial charge < -0.3 is 20.1 Å². The van der Waals surface area contributed by atoms with Crippen LogP contribution in [0.1, 0.15) is 11.1 Å². The van der Waals surface area contributed by atoms with Crippen LogP contribution in [0.4, 0.5) is 5.69 Å². The van der Waals surface area contributed by atoms with E-state index in [0.717, 1.165) is 38.7 Å². The Morgan fingerprint density at radius 1 is 1.22 bits per heavy atom. The first-order valence-corrected chi connectivity index (χ1v) is 11.7. The van der Waals surface area contributed by atoms with E-state index in [4.69, 9.17) is 9.47 Å². The zero-order valence-corrected chi connectivity index (χ0v) is 20.5. The van der Waals surface area contributed by atoms with E-state index >= 15 is 0 Å². The van der Waals surface area contributed by atoms with Crippen LogP contribution >= 0.6 is 27.7 Å². The molecule has 0 aliphatic heterocycles. The maximum Gasteiger partial charge on any atom is 0.262 e. The van der Waals surface area contributed by atoms with E-state index in [1.54, 1.807) is 29.6 Å². The molecule has 2 aromatic carbocycles. The summed E-state index contributed by atoms with van der Waals surface area (Å²) in [5, 5.41) is 18.4. The highest BCUT2D eigenvalue weighted by molar-refractivity contribution is 9.10. The van der Waals surface area contributed by atoms with Gasteiger partial charge in [-0.15, -0.1) is 5.10 Å². The minimum Gasteiger partial charge on any atom is -0.493 e. The number of hydrogen-bond acceptors (Lipinski definition) is 8. The van der Waals surface area contributed by atoms with Gasteiger partial charge in [-0.1, -0.05) is 45.4 Å². The number of amides is 1. The van der Waals surface area contributed by atoms with E-state index in [0.29, 0.717) is 18.0 Å². The number of tetrazole rings is 1. The quantitative estimate of drug-likeness (QED) is 0.293. The number of anilines is 1. The lowest BCUT2D eigenvalue weighted by atomic mass is 10.2. The summed E-state index contributed by atoms with van der Waals surface area (Å²) in [6, 6.07) is 11.3. The zero-order chi connectivity index (χ0) is 22.9. The fourth-order valence-corrected chi connectivity index (χ4v) is 4.01. The van der Waals surface area contributed by atoms with Gasteiger partial charge in [-0.25, -0.2) is 4.68 Å². The third kappa shape index (κ3) is 6.68. The molecule has 11 heteroatoms. The molecule has 0 saturated carbocycles. The molecule has 0 radical (unpaired) electrons. The van der Waals surface area contributed by atoms with E-state index in [2.05, 4.69) is 42.1 Å². The molecule has 0 saturated heterocycles. The van der Waals surface area contributed by atoms with Crippen LogP contribution in [-0.4, -0.2) is 52.1 Å². The summed E-state index contributed by atoms with van der Waals surface area (Å²) in [5.74, 6) is 1.64. The highest BCUT2D eigenvalue weighted by Gasteiger charge is 2.16. The van der Waals surface area contributed by atoms with Gasteiger partial charge in [0.25, 0.3) is 5.91 Å². The van der Waals surface area contributed by atoms with Crippen molar-refractivity contribution in [2.75, 3.05) is 31.3 Å². The average molecular weight is 521 g/mol. The van der Waals surface area contributed by atoms with Crippen LogP contribution in [0.5, 0.6) is 11.5 Å². The Kier molecular flexibility index (Phi) is 8.89. The SMILES string of the molecule is COc1ccc(Br)c(CNCCSc2nnnn2C)c1OCC(=O)Nc1ccc(C)cc1. The van der Waals surface area contributed by atoms with E-state index in [1.807, 2.05) is 44.3 Å². The zero-order valence-electron chi connectivity index (χ0n) is 18.1. The number of carbonyl (C=O) groups is 1. The largest absolute Gasteiger partial charge is 0.493 e. The number of aromatic nitrogens is 4. The molecule has 2 N–H and O–H groups in total. The molecule has 32 heavy (non-hydrogen) atoms. The first-order chi connectivity index (χ1) is 15.5. The number of ether oxygens (including phenoxy) is 2. The molecule has 0 aliphatic rings. The first-order valence-electron chi connectivity index (χ1n) is 9.88. The number of nitrogens with zero attached hydrogens (tertiary/aromatic N) is 4. The number of rotatable bonds is 11. The molecule has 0 atom stereocenters. The van der Waals surface area contributed by atoms with Gasteiger partial charge in [0.2, 0.25) is 5.16 Å². The van der Waals surface area contributed by atoms with Crippen LogP contribution in [0.25, 0.3) is 0 Å². The van der Waals surface area contributed by atoms with Crippen LogP contribution in [0.3, 0.4) is 0 Å². The Hall–Kier alpha value is -2.63. The standard InChI is InChI=1S/C21H25BrN6O3S/c1-14-4-6-15(7-5-14)24-19(29)13-31-20-16(17(22)8-9-18(20)30-3)12-23-10-11-32-21-25-26-27-28(21)2/h4-9,23H,10-13H2,1-3H3,(H,24,29). The number of aryl methyl sites for hydroxylation is 2. The Balaban J connectivity index is 1.57. The summed E-state index contributed by atoms with van der Waals surface area (Å²) in [5.41, 5.74) is 2.72. The topological polar surface area (TPSA) is 103 Å². The molecule has 0 aliphatic carbocycles. The number of hydrogen-bond donors (Lipinski definition) is 2. The maximum atomic E-state index is 12.4. The molecule has 1 heterocycles. The summed E-state index contributed by atoms with van der Waals surface area (Å²) < 4.78 is 13.8. The van der Waals surface area contributed by atoms with Crippen molar-refractivity contribution < 1.29 is 14.3 Å². The first kappa shape index (κ1) is 24.0. The highest BCUT2D eigenvalue weighted by atomic mass is 79.9. The van der Waals surface area contributed by atoms with Crippen molar-refractivity contribution >= 4 is 39.3 Å². The predicted octanol–water partition coefficient (Wildman–Crippen LogP) is 3.19.